The van der Waals surface area contributed by atoms with Crippen molar-refractivity contribution in [2.24, 2.45) is 0 Å². The highest BCUT2D eigenvalue weighted by Gasteiger charge is 2.07. The number of rotatable bonds is 3. The lowest BCUT2D eigenvalue weighted by Crippen LogP contribution is -2.28. The third-order valence-corrected chi connectivity index (χ3v) is 4.74. The second-order valence-electron chi connectivity index (χ2n) is 2.85. The van der Waals surface area contributed by atoms with Crippen LogP contribution >= 0.6 is 47.8 Å². The average molecular weight is 415 g/mol. The van der Waals surface area contributed by atoms with Crippen LogP contribution in [0.15, 0.2) is 25.6 Å². The van der Waals surface area contributed by atoms with Crippen LogP contribution < -0.4 is 10.4 Å². The topological polar surface area (TPSA) is 69.2 Å². The molecule has 0 heterocycles. The summed E-state index contributed by atoms with van der Waals surface area (Å²) in [7, 11) is 0. The number of aliphatic carboxylic acids is 1. The van der Waals surface area contributed by atoms with Crippen LogP contribution in [0.25, 0.3) is 0 Å². The van der Waals surface area contributed by atoms with E-state index < -0.39 is 18.3 Å². The highest BCUT2D eigenvalue weighted by molar-refractivity contribution is 9.14. The first-order valence-corrected chi connectivity index (χ1v) is 6.42. The molecule has 4 nitrogen and oxygen atoms in total. The molecule has 16 heavy (non-hydrogen) atoms. The van der Waals surface area contributed by atoms with E-state index in [1.54, 1.807) is 12.1 Å². The van der Waals surface area contributed by atoms with Crippen molar-refractivity contribution >= 4 is 65.4 Å². The van der Waals surface area contributed by atoms with E-state index in [1.807, 2.05) is 0 Å². The second kappa shape index (κ2) is 5.79. The lowest BCUT2D eigenvalue weighted by Gasteiger charge is -2.08. The number of benzene rings is 1. The molecule has 0 unspecified atom stereocenters. The third-order valence-electron chi connectivity index (χ3n) is 1.57. The average Bonchev–Trinajstić information content (AvgIpc) is 2.12. The van der Waals surface area contributed by atoms with Crippen molar-refractivity contribution < 1.29 is 14.7 Å². The van der Waals surface area contributed by atoms with Crippen molar-refractivity contribution in [3.63, 3.8) is 0 Å². The molecule has 0 saturated carbocycles. The van der Waals surface area contributed by atoms with Crippen molar-refractivity contribution in [3.8, 4) is 0 Å². The molecule has 0 aliphatic carbocycles. The number of hydrogen-bond donors (Lipinski definition) is 1. The van der Waals surface area contributed by atoms with Crippen molar-refractivity contribution in [1.29, 1.82) is 0 Å². The number of halogens is 3. The molecular weight excluding hydrogens is 410 g/mol. The molecule has 0 aliphatic heterocycles. The Balaban J connectivity index is 2.82. The van der Waals surface area contributed by atoms with Crippen LogP contribution in [0.3, 0.4) is 0 Å². The maximum absolute atomic E-state index is 11.2. The largest absolute Gasteiger partial charge is 0.550 e. The molecule has 86 valence electrons. The third kappa shape index (κ3) is 3.88. The van der Waals surface area contributed by atoms with Gasteiger partial charge in [0, 0.05) is 19.1 Å². The molecule has 1 rings (SSSR count). The molecule has 1 aromatic carbocycles. The Morgan fingerprint density at radius 2 is 1.69 bits per heavy atom. The van der Waals surface area contributed by atoms with Crippen LogP contribution in [0.4, 0.5) is 5.69 Å². The van der Waals surface area contributed by atoms with Gasteiger partial charge in [-0.3, -0.25) is 4.79 Å². The SMILES string of the molecule is O=C([O-])CC(=O)Nc1cc(Br)c(Br)c(Br)c1. The fourth-order valence-electron chi connectivity index (χ4n) is 0.964. The van der Waals surface area contributed by atoms with E-state index in [0.29, 0.717) is 5.69 Å². The lowest BCUT2D eigenvalue weighted by atomic mass is 10.3. The Labute approximate surface area is 117 Å². The smallest absolute Gasteiger partial charge is 0.230 e. The summed E-state index contributed by atoms with van der Waals surface area (Å²) in [6.45, 7) is 0. The van der Waals surface area contributed by atoms with Crippen LogP contribution in [0, 0.1) is 0 Å². The van der Waals surface area contributed by atoms with Crippen LogP contribution in [0.2, 0.25) is 0 Å². The maximum atomic E-state index is 11.2. The summed E-state index contributed by atoms with van der Waals surface area (Å²) in [5.41, 5.74) is 0.494. The van der Waals surface area contributed by atoms with E-state index in [2.05, 4.69) is 53.1 Å². The standard InChI is InChI=1S/C9H6Br3NO3/c10-5-1-4(2-6(11)9(5)12)13-7(14)3-8(15)16/h1-2H,3H2,(H,13,14)(H,15,16)/p-1. The first kappa shape index (κ1) is 13.7. The first-order valence-electron chi connectivity index (χ1n) is 4.04. The van der Waals surface area contributed by atoms with Crippen molar-refractivity contribution in [3.05, 3.63) is 25.6 Å². The Hall–Kier alpha value is -0.400. The van der Waals surface area contributed by atoms with Gasteiger partial charge in [-0.25, -0.2) is 0 Å². The summed E-state index contributed by atoms with van der Waals surface area (Å²) in [5.74, 6) is -2.03. The highest BCUT2D eigenvalue weighted by atomic mass is 79.9. The zero-order chi connectivity index (χ0) is 12.3. The molecule has 0 atom stereocenters. The number of nitrogens with one attached hydrogen (secondary N) is 1. The first-order chi connectivity index (χ1) is 7.40. The number of carboxylic acid groups (broad SMARTS) is 1. The van der Waals surface area contributed by atoms with Gasteiger partial charge in [-0.1, -0.05) is 0 Å². The zero-order valence-electron chi connectivity index (χ0n) is 7.72. The Bertz CT molecular complexity index is 425. The van der Waals surface area contributed by atoms with Crippen molar-refractivity contribution in [2.45, 2.75) is 6.42 Å². The molecular formula is C9H5Br3NO3-. The molecule has 0 radical (unpaired) electrons. The van der Waals surface area contributed by atoms with Gasteiger partial charge in [-0.15, -0.1) is 0 Å². The summed E-state index contributed by atoms with van der Waals surface area (Å²) in [6, 6.07) is 3.31. The summed E-state index contributed by atoms with van der Waals surface area (Å²) in [4.78, 5) is 21.3. The van der Waals surface area contributed by atoms with E-state index in [-0.39, 0.29) is 0 Å². The fraction of sp³-hybridized carbons (Fsp3) is 0.111. The van der Waals surface area contributed by atoms with Gasteiger partial charge < -0.3 is 15.2 Å². The maximum Gasteiger partial charge on any atom is 0.230 e. The number of anilines is 1. The van der Waals surface area contributed by atoms with Gasteiger partial charge in [0.15, 0.2) is 0 Å². The summed E-state index contributed by atoms with van der Waals surface area (Å²) < 4.78 is 2.29. The van der Waals surface area contributed by atoms with Gasteiger partial charge in [-0.05, 0) is 59.9 Å². The monoisotopic (exact) mass is 412 g/mol. The summed E-state index contributed by atoms with van der Waals surface area (Å²) >= 11 is 9.87. The lowest BCUT2D eigenvalue weighted by molar-refractivity contribution is -0.304. The van der Waals surface area contributed by atoms with Crippen molar-refractivity contribution in [1.82, 2.24) is 0 Å². The predicted octanol–water partition coefficient (Wildman–Crippen LogP) is 2.05. The van der Waals surface area contributed by atoms with E-state index >= 15 is 0 Å². The molecule has 0 aliphatic rings. The van der Waals surface area contributed by atoms with Crippen molar-refractivity contribution in [2.75, 3.05) is 5.32 Å². The second-order valence-corrected chi connectivity index (χ2v) is 5.35. The highest BCUT2D eigenvalue weighted by Crippen LogP contribution is 2.33. The quantitative estimate of drug-likeness (QED) is 0.608. The number of hydrogen-bond acceptors (Lipinski definition) is 3. The Morgan fingerprint density at radius 1 is 1.19 bits per heavy atom. The molecule has 1 amide bonds. The van der Waals surface area contributed by atoms with Crippen LogP contribution in [-0.4, -0.2) is 11.9 Å². The van der Waals surface area contributed by atoms with Gasteiger partial charge in [0.2, 0.25) is 5.91 Å². The van der Waals surface area contributed by atoms with E-state index in [4.69, 9.17) is 0 Å². The summed E-state index contributed by atoms with van der Waals surface area (Å²) in [6.07, 6.45) is -0.661. The molecule has 7 heteroatoms. The Kier molecular flexibility index (Phi) is 4.94. The Morgan fingerprint density at radius 3 is 2.12 bits per heavy atom. The van der Waals surface area contributed by atoms with Gasteiger partial charge in [0.05, 0.1) is 12.4 Å². The molecule has 0 fully saturated rings. The minimum Gasteiger partial charge on any atom is -0.550 e. The molecule has 0 spiro atoms. The van der Waals surface area contributed by atoms with Gasteiger partial charge in [-0.2, -0.15) is 0 Å². The predicted molar refractivity (Wildman–Crippen MR) is 67.8 cm³/mol. The molecule has 0 bridgehead atoms. The minimum absolute atomic E-state index is 0.494. The number of carbonyl (C=O) groups is 2. The van der Waals surface area contributed by atoms with Gasteiger partial charge >= 0.3 is 0 Å². The number of carboxylic acids is 1. The zero-order valence-corrected chi connectivity index (χ0v) is 12.5. The van der Waals surface area contributed by atoms with Crippen LogP contribution in [0.5, 0.6) is 0 Å². The van der Waals surface area contributed by atoms with Crippen LogP contribution in [-0.2, 0) is 9.59 Å². The van der Waals surface area contributed by atoms with Crippen LogP contribution in [0.1, 0.15) is 6.42 Å². The molecule has 0 saturated heterocycles. The normalized spacial score (nSPS) is 9.94. The van der Waals surface area contributed by atoms with Gasteiger partial charge in [0.1, 0.15) is 0 Å². The van der Waals surface area contributed by atoms with E-state index in [1.165, 1.54) is 0 Å². The number of carbonyl (C=O) groups excluding carboxylic acids is 2. The molecule has 0 aromatic heterocycles. The summed E-state index contributed by atoms with van der Waals surface area (Å²) in [5, 5.41) is 12.6. The minimum atomic E-state index is -1.41. The molecule has 1 aromatic rings. The van der Waals surface area contributed by atoms with E-state index in [0.717, 1.165) is 13.4 Å². The van der Waals surface area contributed by atoms with Gasteiger partial charge in [0.25, 0.3) is 0 Å². The fourth-order valence-corrected chi connectivity index (χ4v) is 2.38. The number of amides is 1. The van der Waals surface area contributed by atoms with E-state index in [9.17, 15) is 14.7 Å². The molecule has 1 N–H and O–H groups in total.